The number of hydrogen-bond donors (Lipinski definition) is 1. The van der Waals surface area contributed by atoms with Gasteiger partial charge in [0.2, 0.25) is 5.91 Å². The number of likely N-dealkylation sites (N-methyl/N-ethyl adjacent to an activating group) is 1. The van der Waals surface area contributed by atoms with Crippen molar-refractivity contribution in [2.75, 3.05) is 25.1 Å². The molecule has 1 atom stereocenters. The van der Waals surface area contributed by atoms with Crippen LogP contribution in [0, 0.1) is 0 Å². The van der Waals surface area contributed by atoms with E-state index in [4.69, 9.17) is 0 Å². The third-order valence-electron chi connectivity index (χ3n) is 4.42. The van der Waals surface area contributed by atoms with E-state index in [-0.39, 0.29) is 30.0 Å². The van der Waals surface area contributed by atoms with Gasteiger partial charge in [-0.25, -0.2) is 13.4 Å². The molecule has 26 heavy (non-hydrogen) atoms. The molecule has 0 saturated carbocycles. The summed E-state index contributed by atoms with van der Waals surface area (Å²) >= 11 is 0. The van der Waals surface area contributed by atoms with Crippen molar-refractivity contribution in [3.05, 3.63) is 54.1 Å². The molecule has 2 aromatic rings. The average molecular weight is 376 g/mol. The van der Waals surface area contributed by atoms with Crippen LogP contribution in [0.4, 0.5) is 0 Å². The highest BCUT2D eigenvalue weighted by Gasteiger charge is 2.29. The second kappa shape index (κ2) is 8.01. The average Bonchev–Trinajstić information content (AvgIpc) is 3.14. The van der Waals surface area contributed by atoms with E-state index in [1.54, 1.807) is 6.20 Å². The van der Waals surface area contributed by atoms with Crippen LogP contribution in [0.5, 0.6) is 0 Å². The van der Waals surface area contributed by atoms with Crippen molar-refractivity contribution in [3.8, 4) is 0 Å². The van der Waals surface area contributed by atoms with Gasteiger partial charge in [-0.3, -0.25) is 9.69 Å². The van der Waals surface area contributed by atoms with E-state index in [0.717, 1.165) is 12.4 Å². The van der Waals surface area contributed by atoms with Gasteiger partial charge in [0.15, 0.2) is 9.84 Å². The van der Waals surface area contributed by atoms with Gasteiger partial charge in [-0.2, -0.15) is 0 Å². The molecule has 140 valence electrons. The van der Waals surface area contributed by atoms with Crippen molar-refractivity contribution in [1.29, 1.82) is 0 Å². The number of hydrogen-bond acceptors (Lipinski definition) is 5. The van der Waals surface area contributed by atoms with E-state index in [1.807, 2.05) is 36.3 Å². The van der Waals surface area contributed by atoms with Gasteiger partial charge >= 0.3 is 0 Å². The van der Waals surface area contributed by atoms with Gasteiger partial charge in [0.1, 0.15) is 5.82 Å². The zero-order valence-corrected chi connectivity index (χ0v) is 15.7. The Hall–Kier alpha value is -2.19. The van der Waals surface area contributed by atoms with E-state index in [2.05, 4.69) is 27.0 Å². The molecular weight excluding hydrogens is 352 g/mol. The van der Waals surface area contributed by atoms with Crippen LogP contribution < -0.4 is 5.32 Å². The molecular formula is C18H24N4O3S. The minimum atomic E-state index is -2.99. The number of sulfone groups is 1. The first-order valence-corrected chi connectivity index (χ1v) is 10.5. The molecule has 8 heteroatoms. The molecule has 0 spiro atoms. The Balaban J connectivity index is 1.51. The third-order valence-corrected chi connectivity index (χ3v) is 6.19. The highest BCUT2D eigenvalue weighted by atomic mass is 32.2. The first kappa shape index (κ1) is 18.6. The predicted molar refractivity (Wildman–Crippen MR) is 99.3 cm³/mol. The van der Waals surface area contributed by atoms with Crippen molar-refractivity contribution in [2.45, 2.75) is 25.6 Å². The number of benzene rings is 1. The number of nitrogens with one attached hydrogen (secondary N) is 1. The molecule has 1 aliphatic rings. The van der Waals surface area contributed by atoms with Crippen LogP contribution in [0.3, 0.4) is 0 Å². The molecule has 1 unspecified atom stereocenters. The number of amides is 1. The minimum Gasteiger partial charge on any atom is -0.351 e. The Morgan fingerprint density at radius 1 is 1.35 bits per heavy atom. The summed E-state index contributed by atoms with van der Waals surface area (Å²) in [7, 11) is -1.13. The summed E-state index contributed by atoms with van der Waals surface area (Å²) < 4.78 is 25.0. The molecule has 7 nitrogen and oxygen atoms in total. The van der Waals surface area contributed by atoms with Gasteiger partial charge in [-0.1, -0.05) is 30.3 Å². The van der Waals surface area contributed by atoms with Crippen LogP contribution in [-0.2, 0) is 27.7 Å². The first-order valence-electron chi connectivity index (χ1n) is 8.63. The van der Waals surface area contributed by atoms with Crippen LogP contribution in [0.15, 0.2) is 42.7 Å². The van der Waals surface area contributed by atoms with Crippen molar-refractivity contribution in [2.24, 2.45) is 0 Å². The number of imidazole rings is 1. The Bertz CT molecular complexity index is 848. The maximum atomic E-state index is 12.2. The largest absolute Gasteiger partial charge is 0.351 e. The lowest BCUT2D eigenvalue weighted by Crippen LogP contribution is -2.41. The first-order chi connectivity index (χ1) is 12.4. The molecule has 1 amide bonds. The second-order valence-corrected chi connectivity index (χ2v) is 9.03. The third kappa shape index (κ3) is 5.15. The number of carbonyl (C=O) groups excluding carboxylic acids is 1. The topological polar surface area (TPSA) is 84.3 Å². The number of carbonyl (C=O) groups is 1. The summed E-state index contributed by atoms with van der Waals surface area (Å²) in [4.78, 5) is 18.4. The standard InChI is InChI=1S/C18H24N4O3S/c1-21(13-18(23)20-16-7-10-26(24,25)14-16)12-17-19-8-9-22(17)11-15-5-3-2-4-6-15/h2-6,8-9,16H,7,10-14H2,1H3,(H,20,23). The molecule has 3 rings (SSSR count). The van der Waals surface area contributed by atoms with E-state index in [1.165, 1.54) is 5.56 Å². The van der Waals surface area contributed by atoms with E-state index in [9.17, 15) is 13.2 Å². The monoisotopic (exact) mass is 376 g/mol. The van der Waals surface area contributed by atoms with Gasteiger partial charge in [0, 0.05) is 25.0 Å². The van der Waals surface area contributed by atoms with Gasteiger partial charge in [0.05, 0.1) is 24.6 Å². The summed E-state index contributed by atoms with van der Waals surface area (Å²) in [5.74, 6) is 0.928. The Morgan fingerprint density at radius 3 is 2.81 bits per heavy atom. The molecule has 1 aliphatic heterocycles. The van der Waals surface area contributed by atoms with Crippen molar-refractivity contribution in [1.82, 2.24) is 19.8 Å². The number of aromatic nitrogens is 2. The lowest BCUT2D eigenvalue weighted by atomic mass is 10.2. The fourth-order valence-electron chi connectivity index (χ4n) is 3.14. The van der Waals surface area contributed by atoms with Gasteiger partial charge in [-0.05, 0) is 19.0 Å². The normalized spacial score (nSPS) is 18.9. The Kier molecular flexibility index (Phi) is 5.73. The van der Waals surface area contributed by atoms with Crippen molar-refractivity contribution < 1.29 is 13.2 Å². The van der Waals surface area contributed by atoms with Crippen molar-refractivity contribution in [3.63, 3.8) is 0 Å². The Morgan fingerprint density at radius 2 is 2.12 bits per heavy atom. The van der Waals surface area contributed by atoms with Crippen molar-refractivity contribution >= 4 is 15.7 Å². The smallest absolute Gasteiger partial charge is 0.234 e. The summed E-state index contributed by atoms with van der Waals surface area (Å²) in [5.41, 5.74) is 1.19. The van der Waals surface area contributed by atoms with Crippen LogP contribution in [0.1, 0.15) is 17.8 Å². The zero-order valence-electron chi connectivity index (χ0n) is 14.8. The number of rotatable bonds is 7. The highest BCUT2D eigenvalue weighted by Crippen LogP contribution is 2.11. The fraction of sp³-hybridized carbons (Fsp3) is 0.444. The lowest BCUT2D eigenvalue weighted by Gasteiger charge is -2.18. The predicted octanol–water partition coefficient (Wildman–Crippen LogP) is 0.667. The molecule has 1 aromatic heterocycles. The summed E-state index contributed by atoms with van der Waals surface area (Å²) in [6, 6.07) is 9.87. The molecule has 0 aliphatic carbocycles. The SMILES string of the molecule is CN(CC(=O)NC1CCS(=O)(=O)C1)Cc1nccn1Cc1ccccc1. The molecule has 1 fully saturated rings. The fourth-order valence-corrected chi connectivity index (χ4v) is 4.81. The highest BCUT2D eigenvalue weighted by molar-refractivity contribution is 7.91. The summed E-state index contributed by atoms with van der Waals surface area (Å²) in [5, 5.41) is 2.81. The minimum absolute atomic E-state index is 0.0456. The molecule has 1 N–H and O–H groups in total. The quantitative estimate of drug-likeness (QED) is 0.768. The summed E-state index contributed by atoms with van der Waals surface area (Å²) in [6.07, 6.45) is 4.19. The van der Waals surface area contributed by atoms with Crippen LogP contribution >= 0.6 is 0 Å². The molecule has 1 aromatic carbocycles. The van der Waals surface area contributed by atoms with Crippen LogP contribution in [0.2, 0.25) is 0 Å². The Labute approximate surface area is 154 Å². The van der Waals surface area contributed by atoms with E-state index >= 15 is 0 Å². The molecule has 0 bridgehead atoms. The second-order valence-electron chi connectivity index (χ2n) is 6.80. The molecule has 2 heterocycles. The molecule has 1 saturated heterocycles. The maximum Gasteiger partial charge on any atom is 0.234 e. The van der Waals surface area contributed by atoms with E-state index in [0.29, 0.717) is 13.0 Å². The van der Waals surface area contributed by atoms with E-state index < -0.39 is 9.84 Å². The lowest BCUT2D eigenvalue weighted by molar-refractivity contribution is -0.122. The van der Waals surface area contributed by atoms with Gasteiger partial charge in [0.25, 0.3) is 0 Å². The van der Waals surface area contributed by atoms with Crippen LogP contribution in [0.25, 0.3) is 0 Å². The zero-order chi connectivity index (χ0) is 18.6. The van der Waals surface area contributed by atoms with Gasteiger partial charge < -0.3 is 9.88 Å². The number of nitrogens with zero attached hydrogens (tertiary/aromatic N) is 3. The van der Waals surface area contributed by atoms with Crippen LogP contribution in [-0.4, -0.2) is 59.9 Å². The maximum absolute atomic E-state index is 12.2. The molecule has 0 radical (unpaired) electrons. The summed E-state index contributed by atoms with van der Waals surface area (Å²) in [6.45, 7) is 1.47. The van der Waals surface area contributed by atoms with Gasteiger partial charge in [-0.15, -0.1) is 0 Å².